The van der Waals surface area contributed by atoms with Gasteiger partial charge in [-0.25, -0.2) is 0 Å². The maximum Gasteiger partial charge on any atom is 0.312 e. The fourth-order valence-corrected chi connectivity index (χ4v) is 2.95. The van der Waals surface area contributed by atoms with Crippen molar-refractivity contribution in [2.24, 2.45) is 5.41 Å². The number of carbonyl (C=O) groups is 1. The molecule has 0 aromatic carbocycles. The van der Waals surface area contributed by atoms with Crippen LogP contribution in [0.5, 0.6) is 0 Å². The summed E-state index contributed by atoms with van der Waals surface area (Å²) >= 11 is 1.23. The largest absolute Gasteiger partial charge is 0.466 e. The summed E-state index contributed by atoms with van der Waals surface area (Å²) in [7, 11) is 0. The summed E-state index contributed by atoms with van der Waals surface area (Å²) in [5.74, 6) is 0.684. The van der Waals surface area contributed by atoms with Gasteiger partial charge in [0.1, 0.15) is 5.40 Å². The van der Waals surface area contributed by atoms with Crippen LogP contribution in [0.25, 0.3) is 0 Å². The lowest BCUT2D eigenvalue weighted by Crippen LogP contribution is -2.35. The van der Waals surface area contributed by atoms with E-state index in [2.05, 4.69) is 5.40 Å². The van der Waals surface area contributed by atoms with Crippen molar-refractivity contribution in [2.75, 3.05) is 12.4 Å². The predicted octanol–water partition coefficient (Wildman–Crippen LogP) is 3.10. The van der Waals surface area contributed by atoms with Gasteiger partial charge in [-0.15, -0.1) is 0 Å². The molecule has 1 rings (SSSR count). The van der Waals surface area contributed by atoms with E-state index in [0.29, 0.717) is 6.61 Å². The highest BCUT2D eigenvalue weighted by Gasteiger charge is 2.40. The Labute approximate surface area is 102 Å². The van der Waals surface area contributed by atoms with Crippen molar-refractivity contribution in [3.05, 3.63) is 0 Å². The van der Waals surface area contributed by atoms with Crippen LogP contribution in [-0.2, 0) is 9.53 Å². The maximum absolute atomic E-state index is 12.0. The van der Waals surface area contributed by atoms with Gasteiger partial charge < -0.3 is 4.74 Å². The first-order chi connectivity index (χ1) is 7.75. The molecule has 0 aliphatic heterocycles. The van der Waals surface area contributed by atoms with Crippen molar-refractivity contribution in [1.82, 2.24) is 0 Å². The topological polar surface area (TPSA) is 50.1 Å². The van der Waals surface area contributed by atoms with Gasteiger partial charge in [-0.2, -0.15) is 5.26 Å². The van der Waals surface area contributed by atoms with Gasteiger partial charge in [-0.1, -0.05) is 19.3 Å². The average molecular weight is 241 g/mol. The fraction of sp³-hybridized carbons (Fsp3) is 0.833. The molecule has 0 N–H and O–H groups in total. The number of nitriles is 1. The number of rotatable bonds is 5. The summed E-state index contributed by atoms with van der Waals surface area (Å²) in [6, 6.07) is 0. The van der Waals surface area contributed by atoms with Crippen LogP contribution in [0.15, 0.2) is 0 Å². The third-order valence-corrected chi connectivity index (χ3v) is 3.80. The number of ether oxygens (including phenoxy) is 1. The summed E-state index contributed by atoms with van der Waals surface area (Å²) < 4.78 is 5.18. The molecule has 0 heterocycles. The monoisotopic (exact) mass is 241 g/mol. The maximum atomic E-state index is 12.0. The lowest BCUT2D eigenvalue weighted by molar-refractivity contribution is -0.157. The van der Waals surface area contributed by atoms with Crippen LogP contribution in [0.3, 0.4) is 0 Å². The molecule has 16 heavy (non-hydrogen) atoms. The number of carbonyl (C=O) groups excluding carboxylic acids is 1. The Kier molecular flexibility index (Phi) is 5.68. The normalized spacial score (nSPS) is 18.8. The van der Waals surface area contributed by atoms with Crippen molar-refractivity contribution in [1.29, 1.82) is 5.26 Å². The molecule has 90 valence electrons. The number of hydrogen-bond donors (Lipinski definition) is 0. The lowest BCUT2D eigenvalue weighted by atomic mass is 9.72. The molecule has 0 amide bonds. The third kappa shape index (κ3) is 3.41. The number of esters is 1. The molecule has 0 atom stereocenters. The van der Waals surface area contributed by atoms with Crippen LogP contribution in [0.1, 0.15) is 45.4 Å². The highest BCUT2D eigenvalue weighted by atomic mass is 32.2. The zero-order chi connectivity index (χ0) is 11.9. The van der Waals surface area contributed by atoms with Crippen molar-refractivity contribution in [3.63, 3.8) is 0 Å². The van der Waals surface area contributed by atoms with Crippen molar-refractivity contribution < 1.29 is 9.53 Å². The number of hydrogen-bond acceptors (Lipinski definition) is 4. The number of thioether (sulfide) groups is 1. The first-order valence-electron chi connectivity index (χ1n) is 5.93. The van der Waals surface area contributed by atoms with Gasteiger partial charge in [0.25, 0.3) is 0 Å². The minimum Gasteiger partial charge on any atom is -0.466 e. The van der Waals surface area contributed by atoms with Crippen LogP contribution >= 0.6 is 11.8 Å². The van der Waals surface area contributed by atoms with E-state index < -0.39 is 0 Å². The highest BCUT2D eigenvalue weighted by molar-refractivity contribution is 8.03. The second kappa shape index (κ2) is 6.80. The Bertz CT molecular complexity index is 267. The SMILES string of the molecule is CCOC(=O)C1(CCSC#N)CCCCC1. The number of nitrogens with zero attached hydrogens (tertiary/aromatic N) is 1. The molecule has 0 saturated heterocycles. The first-order valence-corrected chi connectivity index (χ1v) is 6.92. The Morgan fingerprint density at radius 3 is 2.69 bits per heavy atom. The Balaban J connectivity index is 2.60. The van der Waals surface area contributed by atoms with Gasteiger partial charge in [0.05, 0.1) is 12.0 Å². The second-order valence-corrected chi connectivity index (χ2v) is 5.13. The van der Waals surface area contributed by atoms with Gasteiger partial charge in [-0.05, 0) is 37.9 Å². The molecule has 0 unspecified atom stereocenters. The van der Waals surface area contributed by atoms with Gasteiger partial charge in [0.2, 0.25) is 0 Å². The molecule has 1 fully saturated rings. The molecule has 1 aliphatic rings. The lowest BCUT2D eigenvalue weighted by Gasteiger charge is -2.34. The molecular weight excluding hydrogens is 222 g/mol. The summed E-state index contributed by atoms with van der Waals surface area (Å²) in [4.78, 5) is 12.0. The zero-order valence-electron chi connectivity index (χ0n) is 9.83. The van der Waals surface area contributed by atoms with E-state index in [4.69, 9.17) is 10.00 Å². The number of thiocyanates is 1. The predicted molar refractivity (Wildman–Crippen MR) is 64.8 cm³/mol. The summed E-state index contributed by atoms with van der Waals surface area (Å²) in [5.41, 5.74) is -0.294. The molecule has 0 aromatic heterocycles. The molecule has 3 nitrogen and oxygen atoms in total. The summed E-state index contributed by atoms with van der Waals surface area (Å²) in [5, 5.41) is 10.6. The van der Waals surface area contributed by atoms with Gasteiger partial charge in [-0.3, -0.25) is 4.79 Å². The zero-order valence-corrected chi connectivity index (χ0v) is 10.6. The van der Waals surface area contributed by atoms with E-state index in [9.17, 15) is 4.79 Å². The minimum absolute atomic E-state index is 0.0479. The van der Waals surface area contributed by atoms with E-state index in [-0.39, 0.29) is 11.4 Å². The smallest absolute Gasteiger partial charge is 0.312 e. The Hall–Kier alpha value is -0.690. The second-order valence-electron chi connectivity index (χ2n) is 4.25. The molecule has 1 aliphatic carbocycles. The van der Waals surface area contributed by atoms with E-state index in [0.717, 1.165) is 37.9 Å². The van der Waals surface area contributed by atoms with E-state index in [1.54, 1.807) is 0 Å². The fourth-order valence-electron chi connectivity index (χ4n) is 2.36. The molecule has 0 aromatic rings. The molecule has 0 spiro atoms. The third-order valence-electron chi connectivity index (χ3n) is 3.27. The highest BCUT2D eigenvalue weighted by Crippen LogP contribution is 2.41. The van der Waals surface area contributed by atoms with Gasteiger partial charge in [0, 0.05) is 5.75 Å². The van der Waals surface area contributed by atoms with Crippen LogP contribution in [0, 0.1) is 16.1 Å². The standard InChI is InChI=1S/C12H19NO2S/c1-2-15-11(14)12(8-9-16-10-13)6-4-3-5-7-12/h2-9H2,1H3. The van der Waals surface area contributed by atoms with Gasteiger partial charge in [0.15, 0.2) is 0 Å². The van der Waals surface area contributed by atoms with Crippen LogP contribution in [0.2, 0.25) is 0 Å². The van der Waals surface area contributed by atoms with Crippen molar-refractivity contribution in [2.45, 2.75) is 45.4 Å². The minimum atomic E-state index is -0.294. The van der Waals surface area contributed by atoms with Crippen LogP contribution in [-0.4, -0.2) is 18.3 Å². The van der Waals surface area contributed by atoms with Crippen molar-refractivity contribution in [3.8, 4) is 5.40 Å². The first kappa shape index (κ1) is 13.4. The molecule has 1 saturated carbocycles. The summed E-state index contributed by atoms with van der Waals surface area (Å²) in [6.07, 6.45) is 6.07. The Morgan fingerprint density at radius 1 is 1.44 bits per heavy atom. The van der Waals surface area contributed by atoms with Crippen LogP contribution in [0.4, 0.5) is 0 Å². The molecule has 4 heteroatoms. The van der Waals surface area contributed by atoms with E-state index in [1.807, 2.05) is 6.92 Å². The molecule has 0 radical (unpaired) electrons. The van der Waals surface area contributed by atoms with E-state index in [1.165, 1.54) is 18.2 Å². The van der Waals surface area contributed by atoms with Crippen molar-refractivity contribution >= 4 is 17.7 Å². The average Bonchev–Trinajstić information content (AvgIpc) is 2.31. The van der Waals surface area contributed by atoms with E-state index >= 15 is 0 Å². The quantitative estimate of drug-likeness (QED) is 0.421. The van der Waals surface area contributed by atoms with Gasteiger partial charge >= 0.3 is 5.97 Å². The van der Waals surface area contributed by atoms with Crippen LogP contribution < -0.4 is 0 Å². The molecular formula is C12H19NO2S. The summed E-state index contributed by atoms with van der Waals surface area (Å²) in [6.45, 7) is 2.30. The molecule has 0 bridgehead atoms. The Morgan fingerprint density at radius 2 is 2.12 bits per heavy atom.